The number of amides is 2. The summed E-state index contributed by atoms with van der Waals surface area (Å²) in [5.74, 6) is -0.213. The van der Waals surface area contributed by atoms with Gasteiger partial charge in [-0.3, -0.25) is 9.13 Å². The number of carbonyl (C=O) groups is 2. The average molecular weight is 1130 g/mol. The summed E-state index contributed by atoms with van der Waals surface area (Å²) in [6.45, 7) is 7.04. The van der Waals surface area contributed by atoms with Gasteiger partial charge in [-0.05, 0) is 72.5 Å². The van der Waals surface area contributed by atoms with Crippen LogP contribution in [0.15, 0.2) is 122 Å². The number of anilines is 2. The number of aliphatic hydroxyl groups is 2. The molecule has 4 aromatic heterocycles. The standard InChI is InChI=1S/C31H35N7O5.C28H31N7O5/c1-31(2)42-25-23(41-29(26(25)43-31)38-17-36-24-27(32)34-16-35-28(24)38)14-37(3)13-12-33-30(39)40-15-22-20-10-6-4-8-18(20)19-9-5-7-11-21(19)22;1-34(12-21-23(36)24(37)27(40-21)35-15-33-22-25(29)31-14-32-26(22)35)11-10-30-28(38)39-13-20-18-8-4-2-6-16(18)17-7-3-5-9-19(17)20/h4-11,16-17,22-23,25-26,29H,12-15H2,1-3H3,(H,33,39)(H2,32,34,35);2-9,14-15,20-21,23-24,27,36-37H,10-13H2,1H3,(H,30,38)(H2,29,31,32)/t23-,25?,26?,29-;21-,23-,24?,27-/m11/s1. The van der Waals surface area contributed by atoms with E-state index in [4.69, 9.17) is 39.9 Å². The van der Waals surface area contributed by atoms with E-state index in [1.165, 1.54) is 52.4 Å². The van der Waals surface area contributed by atoms with Crippen LogP contribution >= 0.6 is 0 Å². The Morgan fingerprint density at radius 1 is 0.578 bits per heavy atom. The zero-order chi connectivity index (χ0) is 57.5. The fourth-order valence-electron chi connectivity index (χ4n) is 12.0. The third-order valence-electron chi connectivity index (χ3n) is 16.0. The maximum absolute atomic E-state index is 12.6. The fourth-order valence-corrected chi connectivity index (χ4v) is 12.0. The molecule has 0 bridgehead atoms. The van der Waals surface area contributed by atoms with Crippen LogP contribution < -0.4 is 22.1 Å². The highest BCUT2D eigenvalue weighted by molar-refractivity contribution is 5.83. The van der Waals surface area contributed by atoms with E-state index in [0.29, 0.717) is 67.4 Å². The highest BCUT2D eigenvalue weighted by atomic mass is 16.8. The zero-order valence-corrected chi connectivity index (χ0v) is 46.3. The number of likely N-dealkylation sites (N-methyl/N-ethyl adjacent to an activating group) is 2. The summed E-state index contributed by atoms with van der Waals surface area (Å²) < 4.78 is 39.6. The molecule has 3 saturated heterocycles. The molecule has 24 heteroatoms. The van der Waals surface area contributed by atoms with Crippen molar-refractivity contribution in [2.45, 2.75) is 80.5 Å². The second-order valence-corrected chi connectivity index (χ2v) is 21.9. The van der Waals surface area contributed by atoms with Crippen molar-refractivity contribution in [2.24, 2.45) is 0 Å². The molecule has 13 rings (SSSR count). The summed E-state index contributed by atoms with van der Waals surface area (Å²) in [5, 5.41) is 27.0. The molecule has 432 valence electrons. The highest BCUT2D eigenvalue weighted by Gasteiger charge is 2.56. The van der Waals surface area contributed by atoms with Gasteiger partial charge in [0.15, 0.2) is 41.2 Å². The first kappa shape index (κ1) is 55.3. The minimum absolute atomic E-state index is 0.00304. The predicted molar refractivity (Wildman–Crippen MR) is 304 cm³/mol. The molecule has 7 heterocycles. The van der Waals surface area contributed by atoms with Gasteiger partial charge in [0.1, 0.15) is 73.5 Å². The van der Waals surface area contributed by atoms with Gasteiger partial charge in [-0.15, -0.1) is 0 Å². The van der Waals surface area contributed by atoms with Crippen LogP contribution in [0.5, 0.6) is 0 Å². The number of aliphatic hydroxyl groups excluding tert-OH is 2. The molecule has 0 radical (unpaired) electrons. The van der Waals surface area contributed by atoms with Crippen molar-refractivity contribution in [3.8, 4) is 22.3 Å². The number of imidazole rings is 2. The Labute approximate surface area is 477 Å². The first-order valence-corrected chi connectivity index (χ1v) is 27.6. The molecule has 24 nitrogen and oxygen atoms in total. The molecule has 2 amide bonds. The van der Waals surface area contributed by atoms with Crippen molar-refractivity contribution in [1.82, 2.24) is 59.5 Å². The molecule has 3 aliphatic heterocycles. The summed E-state index contributed by atoms with van der Waals surface area (Å²) in [6, 6.07) is 33.0. The Balaban J connectivity index is 0.000000164. The topological polar surface area (TPSA) is 300 Å². The Bertz CT molecular complexity index is 3570. The normalized spacial score (nSPS) is 22.9. The average Bonchev–Trinajstić information content (AvgIpc) is 4.49. The Morgan fingerprint density at radius 3 is 1.46 bits per heavy atom. The number of benzene rings is 4. The number of hydrogen-bond donors (Lipinski definition) is 6. The van der Waals surface area contributed by atoms with Crippen LogP contribution in [0.4, 0.5) is 21.2 Å². The zero-order valence-electron chi connectivity index (χ0n) is 46.3. The molecule has 0 saturated carbocycles. The molecule has 2 aliphatic carbocycles. The number of nitrogen functional groups attached to an aromatic ring is 2. The lowest BCUT2D eigenvalue weighted by molar-refractivity contribution is -0.197. The number of nitrogens with one attached hydrogen (secondary N) is 2. The summed E-state index contributed by atoms with van der Waals surface area (Å²) >= 11 is 0. The fraction of sp³-hybridized carbons (Fsp3) is 0.390. The van der Waals surface area contributed by atoms with Gasteiger partial charge in [-0.1, -0.05) is 97.1 Å². The van der Waals surface area contributed by atoms with Crippen molar-refractivity contribution in [3.05, 3.63) is 145 Å². The second kappa shape index (κ2) is 23.2. The lowest BCUT2D eigenvalue weighted by Gasteiger charge is -2.27. The molecule has 83 heavy (non-hydrogen) atoms. The number of carbonyl (C=O) groups excluding carboxylic acids is 2. The highest BCUT2D eigenvalue weighted by Crippen LogP contribution is 2.47. The number of alkyl carbamates (subject to hydrolysis) is 2. The molecule has 8 atom stereocenters. The molecular formula is C59H66N14O10. The van der Waals surface area contributed by atoms with Crippen LogP contribution in [0.3, 0.4) is 0 Å². The Morgan fingerprint density at radius 2 is 0.988 bits per heavy atom. The lowest BCUT2D eigenvalue weighted by Crippen LogP contribution is -2.41. The van der Waals surface area contributed by atoms with Crippen LogP contribution in [0, 0.1) is 0 Å². The Hall–Kier alpha value is -8.20. The number of hydrogen-bond acceptors (Lipinski definition) is 20. The van der Waals surface area contributed by atoms with Crippen LogP contribution in [0.2, 0.25) is 0 Å². The van der Waals surface area contributed by atoms with Gasteiger partial charge in [0.2, 0.25) is 0 Å². The van der Waals surface area contributed by atoms with E-state index >= 15 is 0 Å². The molecular weight excluding hydrogens is 1060 g/mol. The van der Waals surface area contributed by atoms with Gasteiger partial charge in [-0.25, -0.2) is 39.5 Å². The van der Waals surface area contributed by atoms with Crippen molar-refractivity contribution in [3.63, 3.8) is 0 Å². The van der Waals surface area contributed by atoms with Gasteiger partial charge in [0.25, 0.3) is 0 Å². The summed E-state index contributed by atoms with van der Waals surface area (Å²) in [6.07, 6.45) is -0.405. The monoisotopic (exact) mass is 1130 g/mol. The minimum atomic E-state index is -1.19. The SMILES string of the molecule is CN(CCNC(=O)OCC1c2ccccc2-c2ccccc21)C[C@H]1O[C@@H](n2cnc3c(N)ncnc32)C(O)[C@@H]1O.CN(CCNC(=O)OCC1c2ccccc2-c2ccccc21)C[C@H]1O[C@@H](n2cnc3c(N)ncnc32)C2OC(C)(C)OC21. The maximum atomic E-state index is 12.6. The maximum Gasteiger partial charge on any atom is 0.407 e. The van der Waals surface area contributed by atoms with Crippen LogP contribution in [-0.4, -0.2) is 180 Å². The van der Waals surface area contributed by atoms with E-state index in [-0.39, 0.29) is 49.2 Å². The van der Waals surface area contributed by atoms with E-state index < -0.39 is 48.7 Å². The Kier molecular flexibility index (Phi) is 15.5. The quantitative estimate of drug-likeness (QED) is 0.0757. The molecule has 3 fully saturated rings. The van der Waals surface area contributed by atoms with Gasteiger partial charge >= 0.3 is 12.2 Å². The number of aromatic nitrogens is 8. The summed E-state index contributed by atoms with van der Waals surface area (Å²) in [4.78, 5) is 54.2. The molecule has 8 aromatic rings. The molecule has 3 unspecified atom stereocenters. The smallest absolute Gasteiger partial charge is 0.407 e. The molecule has 0 spiro atoms. The van der Waals surface area contributed by atoms with E-state index in [2.05, 4.69) is 94.0 Å². The van der Waals surface area contributed by atoms with E-state index in [1.807, 2.05) is 85.9 Å². The van der Waals surface area contributed by atoms with Gasteiger partial charge in [0.05, 0.1) is 12.7 Å². The lowest BCUT2D eigenvalue weighted by atomic mass is 9.98. The molecule has 5 aliphatic rings. The third-order valence-corrected chi connectivity index (χ3v) is 16.0. The number of nitrogens with zero attached hydrogens (tertiary/aromatic N) is 10. The molecule has 8 N–H and O–H groups in total. The van der Waals surface area contributed by atoms with E-state index in [9.17, 15) is 19.8 Å². The van der Waals surface area contributed by atoms with Crippen molar-refractivity contribution >= 4 is 46.1 Å². The number of ether oxygens (including phenoxy) is 6. The van der Waals surface area contributed by atoms with Gasteiger partial charge in [-0.2, -0.15) is 0 Å². The van der Waals surface area contributed by atoms with E-state index in [1.54, 1.807) is 10.9 Å². The van der Waals surface area contributed by atoms with E-state index in [0.717, 1.165) is 11.1 Å². The number of nitrogens with two attached hydrogens (primary N) is 2. The number of rotatable bonds is 16. The van der Waals surface area contributed by atoms with Gasteiger partial charge in [0, 0.05) is 51.1 Å². The van der Waals surface area contributed by atoms with Crippen molar-refractivity contribution < 1.29 is 48.2 Å². The van der Waals surface area contributed by atoms with Crippen LogP contribution in [-0.2, 0) is 28.4 Å². The van der Waals surface area contributed by atoms with Crippen LogP contribution in [0.1, 0.15) is 60.4 Å². The predicted octanol–water partition coefficient (Wildman–Crippen LogP) is 4.79. The second-order valence-electron chi connectivity index (χ2n) is 21.9. The van der Waals surface area contributed by atoms with Crippen LogP contribution in [0.25, 0.3) is 44.6 Å². The van der Waals surface area contributed by atoms with Crippen molar-refractivity contribution in [1.29, 1.82) is 0 Å². The summed E-state index contributed by atoms with van der Waals surface area (Å²) in [7, 11) is 3.82. The molecule has 4 aromatic carbocycles. The minimum Gasteiger partial charge on any atom is -0.449 e. The van der Waals surface area contributed by atoms with Gasteiger partial charge < -0.3 is 70.5 Å². The largest absolute Gasteiger partial charge is 0.449 e. The number of fused-ring (bicyclic) bond motifs is 9. The summed E-state index contributed by atoms with van der Waals surface area (Å²) in [5.41, 5.74) is 23.2. The first-order valence-electron chi connectivity index (χ1n) is 27.6. The third kappa shape index (κ3) is 11.0. The van der Waals surface area contributed by atoms with Crippen molar-refractivity contribution in [2.75, 3.05) is 78.0 Å². The first-order chi connectivity index (χ1) is 40.2.